The minimum Gasteiger partial charge on any atom is -0.444 e. The zero-order valence-electron chi connectivity index (χ0n) is 10.3. The van der Waals surface area contributed by atoms with Gasteiger partial charge in [-0.05, 0) is 33.2 Å². The number of nitrogens with two attached hydrogens (primary N) is 1. The maximum Gasteiger partial charge on any atom is 0.208 e. The molecule has 0 aromatic carbocycles. The fourth-order valence-electron chi connectivity index (χ4n) is 2.03. The van der Waals surface area contributed by atoms with Gasteiger partial charge in [-0.25, -0.2) is 4.98 Å². The molecule has 0 amide bonds. The van der Waals surface area contributed by atoms with Crippen LogP contribution in [0.3, 0.4) is 0 Å². The molecule has 1 unspecified atom stereocenters. The summed E-state index contributed by atoms with van der Waals surface area (Å²) in [6, 6.07) is 0.316. The average molecular weight is 282 g/mol. The molecule has 0 radical (unpaired) electrons. The van der Waals surface area contributed by atoms with Gasteiger partial charge in [0, 0.05) is 12.6 Å². The van der Waals surface area contributed by atoms with Gasteiger partial charge in [-0.3, -0.25) is 4.90 Å². The molecular weight excluding hydrogens is 261 g/mol. The van der Waals surface area contributed by atoms with E-state index in [1.54, 1.807) is 0 Å². The zero-order chi connectivity index (χ0) is 10.8. The van der Waals surface area contributed by atoms with Crippen molar-refractivity contribution in [3.05, 3.63) is 17.3 Å². The van der Waals surface area contributed by atoms with Crippen molar-refractivity contribution in [1.29, 1.82) is 0 Å². The normalized spacial score (nSPS) is 20.5. The van der Waals surface area contributed by atoms with Crippen LogP contribution in [0.25, 0.3) is 0 Å². The van der Waals surface area contributed by atoms with Crippen LogP contribution in [0.1, 0.15) is 30.2 Å². The van der Waals surface area contributed by atoms with Crippen LogP contribution >= 0.6 is 24.8 Å². The molecule has 1 atom stereocenters. The lowest BCUT2D eigenvalue weighted by molar-refractivity contribution is 0.184. The van der Waals surface area contributed by atoms with Gasteiger partial charge in [0.2, 0.25) is 5.89 Å². The van der Waals surface area contributed by atoms with E-state index < -0.39 is 0 Å². The lowest BCUT2D eigenvalue weighted by Crippen LogP contribution is -2.42. The Hall–Kier alpha value is -0.290. The van der Waals surface area contributed by atoms with Crippen molar-refractivity contribution >= 4 is 24.8 Å². The van der Waals surface area contributed by atoms with Crippen LogP contribution in [0.15, 0.2) is 4.42 Å². The number of rotatable bonds is 2. The average Bonchev–Trinajstić information content (AvgIpc) is 2.45. The summed E-state index contributed by atoms with van der Waals surface area (Å²) < 4.78 is 5.56. The van der Waals surface area contributed by atoms with Gasteiger partial charge >= 0.3 is 0 Å². The fraction of sp³-hybridized carbons (Fsp3) is 0.727. The second-order valence-electron chi connectivity index (χ2n) is 4.39. The molecule has 100 valence electrons. The van der Waals surface area contributed by atoms with Gasteiger partial charge in [0.05, 0.1) is 12.2 Å². The van der Waals surface area contributed by atoms with Gasteiger partial charge < -0.3 is 10.2 Å². The minimum atomic E-state index is 0. The first kappa shape index (κ1) is 16.7. The van der Waals surface area contributed by atoms with Crippen LogP contribution in [-0.4, -0.2) is 29.0 Å². The van der Waals surface area contributed by atoms with E-state index in [-0.39, 0.29) is 24.8 Å². The van der Waals surface area contributed by atoms with Gasteiger partial charge in [0.15, 0.2) is 0 Å². The monoisotopic (exact) mass is 281 g/mol. The summed E-state index contributed by atoms with van der Waals surface area (Å²) in [5, 5.41) is 0. The Morgan fingerprint density at radius 3 is 2.65 bits per heavy atom. The molecular formula is C11H21Cl2N3O. The zero-order valence-corrected chi connectivity index (χ0v) is 11.9. The Balaban J connectivity index is 0.00000128. The lowest BCUT2D eigenvalue weighted by atomic mass is 10.1. The van der Waals surface area contributed by atoms with Crippen molar-refractivity contribution in [2.75, 3.05) is 13.1 Å². The lowest BCUT2D eigenvalue weighted by Gasteiger charge is -2.29. The summed E-state index contributed by atoms with van der Waals surface area (Å²) in [6.07, 6.45) is 2.32. The maximum atomic E-state index is 5.92. The van der Waals surface area contributed by atoms with E-state index in [9.17, 15) is 0 Å². The summed E-state index contributed by atoms with van der Waals surface area (Å²) in [6.45, 7) is 6.79. The smallest absolute Gasteiger partial charge is 0.208 e. The highest BCUT2D eigenvalue weighted by Gasteiger charge is 2.18. The summed E-state index contributed by atoms with van der Waals surface area (Å²) in [5.74, 6) is 1.74. The number of likely N-dealkylation sites (tertiary alicyclic amines) is 1. The Morgan fingerprint density at radius 2 is 2.12 bits per heavy atom. The number of aromatic nitrogens is 1. The first-order chi connectivity index (χ1) is 7.15. The predicted molar refractivity (Wildman–Crippen MR) is 73.0 cm³/mol. The quantitative estimate of drug-likeness (QED) is 0.902. The van der Waals surface area contributed by atoms with Crippen molar-refractivity contribution in [3.63, 3.8) is 0 Å². The number of halogens is 2. The van der Waals surface area contributed by atoms with Crippen molar-refractivity contribution in [1.82, 2.24) is 9.88 Å². The fourth-order valence-corrected chi connectivity index (χ4v) is 2.03. The number of nitrogens with zero attached hydrogens (tertiary/aromatic N) is 2. The van der Waals surface area contributed by atoms with Crippen molar-refractivity contribution in [2.24, 2.45) is 5.73 Å². The molecule has 2 rings (SSSR count). The van der Waals surface area contributed by atoms with Crippen LogP contribution in [-0.2, 0) is 6.54 Å². The van der Waals surface area contributed by atoms with Crippen LogP contribution in [0.5, 0.6) is 0 Å². The SMILES string of the molecule is Cc1nc(CN2CCCC(N)C2)oc1C.Cl.Cl. The number of oxazole rings is 1. The van der Waals surface area contributed by atoms with E-state index in [1.165, 1.54) is 6.42 Å². The van der Waals surface area contributed by atoms with E-state index in [2.05, 4.69) is 9.88 Å². The third-order valence-corrected chi connectivity index (χ3v) is 2.97. The van der Waals surface area contributed by atoms with E-state index in [1.807, 2.05) is 13.8 Å². The van der Waals surface area contributed by atoms with Gasteiger partial charge in [-0.1, -0.05) is 0 Å². The highest BCUT2D eigenvalue weighted by molar-refractivity contribution is 5.85. The van der Waals surface area contributed by atoms with Crippen molar-refractivity contribution in [3.8, 4) is 0 Å². The molecule has 0 saturated carbocycles. The summed E-state index contributed by atoms with van der Waals surface area (Å²) in [5.41, 5.74) is 6.91. The van der Waals surface area contributed by atoms with E-state index in [0.29, 0.717) is 6.04 Å². The standard InChI is InChI=1S/C11H19N3O.2ClH/c1-8-9(2)15-11(13-8)7-14-5-3-4-10(12)6-14;;/h10H,3-7,12H2,1-2H3;2*1H. The molecule has 1 aliphatic rings. The molecule has 2 N–H and O–H groups in total. The number of piperidine rings is 1. The molecule has 4 nitrogen and oxygen atoms in total. The van der Waals surface area contributed by atoms with Crippen LogP contribution in [0.2, 0.25) is 0 Å². The molecule has 1 fully saturated rings. The Morgan fingerprint density at radius 1 is 1.41 bits per heavy atom. The summed E-state index contributed by atoms with van der Waals surface area (Å²) >= 11 is 0. The third kappa shape index (κ3) is 4.47. The minimum absolute atomic E-state index is 0. The van der Waals surface area contributed by atoms with Gasteiger partial charge in [-0.2, -0.15) is 0 Å². The second kappa shape index (κ2) is 7.21. The molecule has 17 heavy (non-hydrogen) atoms. The molecule has 2 heterocycles. The molecule has 0 spiro atoms. The third-order valence-electron chi connectivity index (χ3n) is 2.97. The number of aryl methyl sites for hydroxylation is 2. The molecule has 1 saturated heterocycles. The van der Waals surface area contributed by atoms with Crippen LogP contribution < -0.4 is 5.73 Å². The highest BCUT2D eigenvalue weighted by atomic mass is 35.5. The van der Waals surface area contributed by atoms with E-state index >= 15 is 0 Å². The molecule has 0 aliphatic carbocycles. The first-order valence-corrected chi connectivity index (χ1v) is 5.56. The van der Waals surface area contributed by atoms with Crippen molar-refractivity contribution < 1.29 is 4.42 Å². The molecule has 1 aliphatic heterocycles. The number of hydrogen-bond donors (Lipinski definition) is 1. The Bertz CT molecular complexity index is 324. The Labute approximate surface area is 115 Å². The van der Waals surface area contributed by atoms with Gasteiger partial charge in [0.25, 0.3) is 0 Å². The first-order valence-electron chi connectivity index (χ1n) is 5.56. The Kier molecular flexibility index (Phi) is 7.09. The molecule has 1 aromatic rings. The van der Waals surface area contributed by atoms with Crippen LogP contribution in [0.4, 0.5) is 0 Å². The van der Waals surface area contributed by atoms with Gasteiger partial charge in [-0.15, -0.1) is 24.8 Å². The molecule has 1 aromatic heterocycles. The summed E-state index contributed by atoms with van der Waals surface area (Å²) in [4.78, 5) is 6.70. The second-order valence-corrected chi connectivity index (χ2v) is 4.39. The topological polar surface area (TPSA) is 55.3 Å². The van der Waals surface area contributed by atoms with Crippen LogP contribution in [0, 0.1) is 13.8 Å². The maximum absolute atomic E-state index is 5.92. The predicted octanol–water partition coefficient (Wildman–Crippen LogP) is 2.06. The van der Waals surface area contributed by atoms with E-state index in [4.69, 9.17) is 10.2 Å². The molecule has 6 heteroatoms. The highest BCUT2D eigenvalue weighted by Crippen LogP contribution is 2.14. The molecule has 0 bridgehead atoms. The van der Waals surface area contributed by atoms with Crippen molar-refractivity contribution in [2.45, 2.75) is 39.3 Å². The van der Waals surface area contributed by atoms with Gasteiger partial charge in [0.1, 0.15) is 5.76 Å². The summed E-state index contributed by atoms with van der Waals surface area (Å²) in [7, 11) is 0. The largest absolute Gasteiger partial charge is 0.444 e. The van der Waals surface area contributed by atoms with E-state index in [0.717, 1.165) is 43.4 Å². The number of hydrogen-bond acceptors (Lipinski definition) is 4.